The van der Waals surface area contributed by atoms with E-state index in [1.807, 2.05) is 0 Å². The van der Waals surface area contributed by atoms with Gasteiger partial charge in [-0.15, -0.1) is 0 Å². The maximum Gasteiger partial charge on any atom is 0.0564 e. The predicted octanol–water partition coefficient (Wildman–Crippen LogP) is 2.38. The molecule has 0 aromatic carbocycles. The van der Waals surface area contributed by atoms with Crippen LogP contribution in [0.4, 0.5) is 0 Å². The summed E-state index contributed by atoms with van der Waals surface area (Å²) in [5.41, 5.74) is 5.38. The van der Waals surface area contributed by atoms with E-state index in [4.69, 9.17) is 10.8 Å². The maximum absolute atomic E-state index is 9.10. The molecule has 0 atom stereocenters. The van der Waals surface area contributed by atoms with Crippen LogP contribution in [-0.4, -0.2) is 41.8 Å². The monoisotopic (exact) mass is 244 g/mol. The van der Waals surface area contributed by atoms with Gasteiger partial charge in [0, 0.05) is 19.1 Å². The molecule has 3 heteroatoms. The lowest BCUT2D eigenvalue weighted by Crippen LogP contribution is -2.35. The fraction of sp³-hybridized carbons (Fsp3) is 1.00. The zero-order valence-corrected chi connectivity index (χ0v) is 12.0. The van der Waals surface area contributed by atoms with Crippen molar-refractivity contribution in [3.63, 3.8) is 0 Å². The number of nitrogens with zero attached hydrogens (tertiary/aromatic N) is 1. The van der Waals surface area contributed by atoms with E-state index in [0.717, 1.165) is 32.5 Å². The van der Waals surface area contributed by atoms with Gasteiger partial charge in [0.05, 0.1) is 6.10 Å². The third kappa shape index (κ3) is 9.57. The molecule has 0 unspecified atom stereocenters. The Hall–Kier alpha value is -0.120. The van der Waals surface area contributed by atoms with Gasteiger partial charge in [-0.3, -0.25) is 0 Å². The number of nitrogens with two attached hydrogens (primary N) is 1. The van der Waals surface area contributed by atoms with Gasteiger partial charge in [-0.25, -0.2) is 0 Å². The number of aliphatic hydroxyl groups excluding tert-OH is 1. The Morgan fingerprint density at radius 1 is 1.06 bits per heavy atom. The Labute approximate surface area is 107 Å². The number of aliphatic hydroxyl groups is 1. The molecule has 0 amide bonds. The molecule has 1 aliphatic carbocycles. The zero-order valence-electron chi connectivity index (χ0n) is 12.0. The summed E-state index contributed by atoms with van der Waals surface area (Å²) in [5, 5.41) is 9.10. The van der Waals surface area contributed by atoms with Crippen molar-refractivity contribution in [1.29, 1.82) is 0 Å². The highest BCUT2D eigenvalue weighted by molar-refractivity contribution is 4.70. The van der Waals surface area contributed by atoms with Crippen LogP contribution in [0.5, 0.6) is 0 Å². The van der Waals surface area contributed by atoms with Gasteiger partial charge in [-0.1, -0.05) is 33.6 Å². The molecule has 17 heavy (non-hydrogen) atoms. The van der Waals surface area contributed by atoms with E-state index in [0.29, 0.717) is 6.04 Å². The Kier molecular flexibility index (Phi) is 10.9. The predicted molar refractivity (Wildman–Crippen MR) is 75.1 cm³/mol. The Morgan fingerprint density at radius 3 is 1.71 bits per heavy atom. The topological polar surface area (TPSA) is 49.5 Å². The summed E-state index contributed by atoms with van der Waals surface area (Å²) >= 11 is 0. The minimum atomic E-state index is -0.0206. The van der Waals surface area contributed by atoms with E-state index in [1.165, 1.54) is 25.7 Å². The first kappa shape index (κ1) is 16.9. The average Bonchev–Trinajstić information content (AvgIpc) is 2.29. The van der Waals surface area contributed by atoms with Crippen molar-refractivity contribution in [2.24, 2.45) is 5.73 Å². The number of likely N-dealkylation sites (tertiary alicyclic amines) is 1. The Morgan fingerprint density at radius 2 is 1.47 bits per heavy atom. The molecule has 1 saturated heterocycles. The molecule has 0 aromatic rings. The smallest absolute Gasteiger partial charge is 0.0564 e. The number of hydrogen-bond acceptors (Lipinski definition) is 3. The van der Waals surface area contributed by atoms with E-state index in [9.17, 15) is 0 Å². The first-order valence-corrected chi connectivity index (χ1v) is 7.29. The summed E-state index contributed by atoms with van der Waals surface area (Å²) in [5.74, 6) is 0. The molecule has 2 fully saturated rings. The van der Waals surface area contributed by atoms with Crippen LogP contribution in [0.3, 0.4) is 0 Å². The average molecular weight is 244 g/mol. The van der Waals surface area contributed by atoms with Crippen molar-refractivity contribution >= 4 is 0 Å². The normalized spacial score (nSPS) is 21.7. The number of hydrogen-bond donors (Lipinski definition) is 2. The summed E-state index contributed by atoms with van der Waals surface area (Å²) in [6, 6.07) is 0.565. The third-order valence-corrected chi connectivity index (χ3v) is 3.15. The van der Waals surface area contributed by atoms with Crippen LogP contribution < -0.4 is 5.73 Å². The first-order valence-electron chi connectivity index (χ1n) is 7.29. The SMILES string of the molecule is CCC.CCN1CCC(O)CC1.NC1CCC1. The van der Waals surface area contributed by atoms with E-state index in [1.54, 1.807) is 0 Å². The summed E-state index contributed by atoms with van der Waals surface area (Å²) in [6.45, 7) is 9.71. The second-order valence-corrected chi connectivity index (χ2v) is 5.06. The van der Waals surface area contributed by atoms with Gasteiger partial charge in [0.2, 0.25) is 0 Å². The fourth-order valence-corrected chi connectivity index (χ4v) is 1.68. The molecular formula is C14H32N2O. The van der Waals surface area contributed by atoms with Crippen molar-refractivity contribution in [1.82, 2.24) is 4.90 Å². The van der Waals surface area contributed by atoms with Crippen molar-refractivity contribution in [3.05, 3.63) is 0 Å². The first-order chi connectivity index (χ1) is 8.13. The van der Waals surface area contributed by atoms with E-state index in [2.05, 4.69) is 25.7 Å². The largest absolute Gasteiger partial charge is 0.393 e. The molecule has 0 spiro atoms. The van der Waals surface area contributed by atoms with Crippen LogP contribution in [0.15, 0.2) is 0 Å². The summed E-state index contributed by atoms with van der Waals surface area (Å²) in [6.07, 6.45) is 7.05. The third-order valence-electron chi connectivity index (χ3n) is 3.15. The minimum absolute atomic E-state index is 0.0206. The van der Waals surface area contributed by atoms with Crippen LogP contribution in [0.25, 0.3) is 0 Å². The molecule has 2 aliphatic rings. The Balaban J connectivity index is 0.000000270. The minimum Gasteiger partial charge on any atom is -0.393 e. The van der Waals surface area contributed by atoms with Crippen molar-refractivity contribution in [3.8, 4) is 0 Å². The van der Waals surface area contributed by atoms with Crippen LogP contribution in [0.2, 0.25) is 0 Å². The lowest BCUT2D eigenvalue weighted by Gasteiger charge is -2.27. The Bertz CT molecular complexity index is 152. The highest BCUT2D eigenvalue weighted by Crippen LogP contribution is 2.14. The lowest BCUT2D eigenvalue weighted by atomic mass is 9.95. The summed E-state index contributed by atoms with van der Waals surface area (Å²) in [4.78, 5) is 2.37. The van der Waals surface area contributed by atoms with Crippen molar-refractivity contribution in [2.45, 2.75) is 71.4 Å². The lowest BCUT2D eigenvalue weighted by molar-refractivity contribution is 0.0852. The molecule has 1 aliphatic heterocycles. The molecule has 2 rings (SSSR count). The van der Waals surface area contributed by atoms with Crippen molar-refractivity contribution in [2.75, 3.05) is 19.6 Å². The standard InChI is InChI=1S/C7H15NO.C4H9N.C3H8/c1-2-8-5-3-7(9)4-6-8;5-4-2-1-3-4;1-3-2/h7,9H,2-6H2,1H3;4H,1-3,5H2;3H2,1-2H3. The van der Waals surface area contributed by atoms with Crippen LogP contribution in [0, 0.1) is 0 Å². The van der Waals surface area contributed by atoms with E-state index < -0.39 is 0 Å². The molecule has 0 aromatic heterocycles. The van der Waals surface area contributed by atoms with Crippen molar-refractivity contribution < 1.29 is 5.11 Å². The van der Waals surface area contributed by atoms with Crippen LogP contribution in [0.1, 0.15) is 59.3 Å². The van der Waals surface area contributed by atoms with Crippen LogP contribution >= 0.6 is 0 Å². The number of rotatable bonds is 1. The summed E-state index contributed by atoms with van der Waals surface area (Å²) < 4.78 is 0. The summed E-state index contributed by atoms with van der Waals surface area (Å²) in [7, 11) is 0. The number of piperidine rings is 1. The maximum atomic E-state index is 9.10. The highest BCUT2D eigenvalue weighted by atomic mass is 16.3. The van der Waals surface area contributed by atoms with E-state index >= 15 is 0 Å². The molecule has 3 nitrogen and oxygen atoms in total. The van der Waals surface area contributed by atoms with Gasteiger partial charge in [0.15, 0.2) is 0 Å². The molecule has 104 valence electrons. The molecule has 3 N–H and O–H groups in total. The molecule has 0 bridgehead atoms. The van der Waals surface area contributed by atoms with Gasteiger partial charge in [0.25, 0.3) is 0 Å². The molecule has 1 saturated carbocycles. The van der Waals surface area contributed by atoms with Gasteiger partial charge in [0.1, 0.15) is 0 Å². The van der Waals surface area contributed by atoms with Gasteiger partial charge < -0.3 is 15.7 Å². The quantitative estimate of drug-likeness (QED) is 0.744. The second-order valence-electron chi connectivity index (χ2n) is 5.06. The van der Waals surface area contributed by atoms with Gasteiger partial charge in [-0.2, -0.15) is 0 Å². The molecular weight excluding hydrogens is 212 g/mol. The zero-order chi connectivity index (χ0) is 13.1. The van der Waals surface area contributed by atoms with E-state index in [-0.39, 0.29) is 6.10 Å². The van der Waals surface area contributed by atoms with Crippen LogP contribution in [-0.2, 0) is 0 Å². The highest BCUT2D eigenvalue weighted by Gasteiger charge is 2.14. The van der Waals surface area contributed by atoms with Gasteiger partial charge in [-0.05, 0) is 32.2 Å². The molecule has 0 radical (unpaired) electrons. The fourth-order valence-electron chi connectivity index (χ4n) is 1.68. The molecule has 1 heterocycles. The second kappa shape index (κ2) is 11.0. The van der Waals surface area contributed by atoms with Gasteiger partial charge >= 0.3 is 0 Å².